The van der Waals surface area contributed by atoms with E-state index in [1.54, 1.807) is 0 Å². The monoisotopic (exact) mass is 225 g/mol. The zero-order chi connectivity index (χ0) is 11.0. The van der Waals surface area contributed by atoms with Gasteiger partial charge >= 0.3 is 0 Å². The second kappa shape index (κ2) is 4.61. The largest absolute Gasteiger partial charge is 0.381 e. The highest BCUT2D eigenvalue weighted by Gasteiger charge is 2.40. The second-order valence-electron chi connectivity index (χ2n) is 5.34. The van der Waals surface area contributed by atoms with Gasteiger partial charge in [0.15, 0.2) is 0 Å². The Labute approximate surface area is 97.9 Å². The zero-order valence-corrected chi connectivity index (χ0v) is 10.2. The molecule has 4 heteroatoms. The van der Waals surface area contributed by atoms with Gasteiger partial charge in [-0.25, -0.2) is 0 Å². The van der Waals surface area contributed by atoms with E-state index in [4.69, 9.17) is 4.74 Å². The summed E-state index contributed by atoms with van der Waals surface area (Å²) < 4.78 is 5.54. The van der Waals surface area contributed by atoms with E-state index in [1.165, 1.54) is 39.1 Å². The molecule has 3 atom stereocenters. The van der Waals surface area contributed by atoms with Gasteiger partial charge in [-0.15, -0.1) is 0 Å². The highest BCUT2D eigenvalue weighted by molar-refractivity contribution is 4.97. The van der Waals surface area contributed by atoms with Gasteiger partial charge in [0.2, 0.25) is 0 Å². The zero-order valence-electron chi connectivity index (χ0n) is 10.2. The Morgan fingerprint density at radius 3 is 2.56 bits per heavy atom. The first-order chi connectivity index (χ1) is 7.88. The highest BCUT2D eigenvalue weighted by atomic mass is 16.5. The van der Waals surface area contributed by atoms with Crippen LogP contribution >= 0.6 is 0 Å². The maximum absolute atomic E-state index is 5.54. The Morgan fingerprint density at radius 2 is 2.06 bits per heavy atom. The van der Waals surface area contributed by atoms with E-state index in [-0.39, 0.29) is 0 Å². The number of hydrogen-bond donors (Lipinski definition) is 1. The average Bonchev–Trinajstić information content (AvgIpc) is 2.85. The number of likely N-dealkylation sites (N-methyl/N-ethyl adjacent to an activating group) is 1. The maximum Gasteiger partial charge on any atom is 0.0510 e. The highest BCUT2D eigenvalue weighted by Crippen LogP contribution is 2.26. The minimum atomic E-state index is 0.616. The van der Waals surface area contributed by atoms with Crippen LogP contribution in [0.25, 0.3) is 0 Å². The first kappa shape index (κ1) is 11.0. The van der Waals surface area contributed by atoms with Gasteiger partial charge in [-0.2, -0.15) is 0 Å². The third-order valence-corrected chi connectivity index (χ3v) is 4.54. The molecule has 4 heterocycles. The molecule has 3 unspecified atom stereocenters. The van der Waals surface area contributed by atoms with Crippen LogP contribution in [0, 0.1) is 5.92 Å². The number of fused-ring (bicyclic) bond motifs is 3. The van der Waals surface area contributed by atoms with Crippen LogP contribution in [0.5, 0.6) is 0 Å². The van der Waals surface area contributed by atoms with Crippen molar-refractivity contribution in [3.05, 3.63) is 0 Å². The standard InChI is InChI=1S/C12H23N3O/c1-13-12(10-2-7-16-9-10)11-8-14-3-5-15(11)6-4-14/h10-13H,2-9H2,1H3. The number of nitrogens with one attached hydrogen (secondary N) is 1. The molecule has 4 aliphatic rings. The van der Waals surface area contributed by atoms with Gasteiger partial charge in [0.1, 0.15) is 0 Å². The topological polar surface area (TPSA) is 27.7 Å². The third kappa shape index (κ3) is 1.88. The van der Waals surface area contributed by atoms with Crippen molar-refractivity contribution in [1.82, 2.24) is 15.1 Å². The van der Waals surface area contributed by atoms with Crippen molar-refractivity contribution in [2.24, 2.45) is 5.92 Å². The van der Waals surface area contributed by atoms with Crippen molar-refractivity contribution in [3.63, 3.8) is 0 Å². The minimum absolute atomic E-state index is 0.616. The molecule has 2 bridgehead atoms. The molecule has 4 nitrogen and oxygen atoms in total. The SMILES string of the molecule is CNC(C1CCOC1)C1CN2CCN1CC2. The van der Waals surface area contributed by atoms with Crippen LogP contribution in [0.1, 0.15) is 6.42 Å². The fourth-order valence-corrected chi connectivity index (χ4v) is 3.58. The van der Waals surface area contributed by atoms with Crippen LogP contribution in [-0.4, -0.2) is 74.9 Å². The predicted molar refractivity (Wildman–Crippen MR) is 63.6 cm³/mol. The van der Waals surface area contributed by atoms with Crippen molar-refractivity contribution < 1.29 is 4.74 Å². The molecule has 0 saturated carbocycles. The average molecular weight is 225 g/mol. The van der Waals surface area contributed by atoms with Crippen LogP contribution < -0.4 is 5.32 Å². The van der Waals surface area contributed by atoms with Gasteiger partial charge in [-0.3, -0.25) is 9.80 Å². The van der Waals surface area contributed by atoms with Crippen LogP contribution in [0.4, 0.5) is 0 Å². The van der Waals surface area contributed by atoms with E-state index < -0.39 is 0 Å². The maximum atomic E-state index is 5.54. The molecule has 4 aliphatic heterocycles. The van der Waals surface area contributed by atoms with Gasteiger partial charge in [-0.1, -0.05) is 0 Å². The summed E-state index contributed by atoms with van der Waals surface area (Å²) in [6, 6.07) is 1.32. The first-order valence-electron chi connectivity index (χ1n) is 6.60. The van der Waals surface area contributed by atoms with Crippen LogP contribution in [0.15, 0.2) is 0 Å². The van der Waals surface area contributed by atoms with Crippen LogP contribution in [-0.2, 0) is 4.74 Å². The van der Waals surface area contributed by atoms with Crippen molar-refractivity contribution in [3.8, 4) is 0 Å². The summed E-state index contributed by atoms with van der Waals surface area (Å²) in [5, 5.41) is 3.55. The molecule has 0 aromatic carbocycles. The quantitative estimate of drug-likeness (QED) is 0.708. The molecule has 4 rings (SSSR count). The summed E-state index contributed by atoms with van der Waals surface area (Å²) in [6.45, 7) is 8.23. The number of nitrogens with zero attached hydrogens (tertiary/aromatic N) is 2. The lowest BCUT2D eigenvalue weighted by molar-refractivity contribution is -0.0126. The van der Waals surface area contributed by atoms with Gasteiger partial charge in [0.25, 0.3) is 0 Å². The van der Waals surface area contributed by atoms with Gasteiger partial charge in [0.05, 0.1) is 6.61 Å². The Kier molecular flexibility index (Phi) is 3.16. The molecular weight excluding hydrogens is 202 g/mol. The van der Waals surface area contributed by atoms with E-state index in [1.807, 2.05) is 0 Å². The molecule has 4 fully saturated rings. The molecule has 4 saturated heterocycles. The van der Waals surface area contributed by atoms with E-state index in [0.29, 0.717) is 12.1 Å². The molecule has 0 aromatic rings. The van der Waals surface area contributed by atoms with E-state index in [0.717, 1.165) is 19.1 Å². The summed E-state index contributed by atoms with van der Waals surface area (Å²) in [6.07, 6.45) is 1.23. The van der Waals surface area contributed by atoms with E-state index in [9.17, 15) is 0 Å². The number of hydrogen-bond acceptors (Lipinski definition) is 4. The smallest absolute Gasteiger partial charge is 0.0510 e. The van der Waals surface area contributed by atoms with Crippen molar-refractivity contribution in [2.45, 2.75) is 18.5 Å². The molecule has 1 N–H and O–H groups in total. The Balaban J connectivity index is 1.69. The lowest BCUT2D eigenvalue weighted by atomic mass is 9.89. The molecule has 0 amide bonds. The number of ether oxygens (including phenoxy) is 1. The second-order valence-corrected chi connectivity index (χ2v) is 5.34. The van der Waals surface area contributed by atoms with Crippen molar-refractivity contribution in [1.29, 1.82) is 0 Å². The normalized spacial score (nSPS) is 44.8. The van der Waals surface area contributed by atoms with Gasteiger partial charge in [-0.05, 0) is 13.5 Å². The van der Waals surface area contributed by atoms with E-state index >= 15 is 0 Å². The summed E-state index contributed by atoms with van der Waals surface area (Å²) in [4.78, 5) is 5.30. The number of rotatable bonds is 3. The third-order valence-electron chi connectivity index (χ3n) is 4.54. The fourth-order valence-electron chi connectivity index (χ4n) is 3.58. The molecule has 92 valence electrons. The molecule has 16 heavy (non-hydrogen) atoms. The predicted octanol–water partition coefficient (Wildman–Crippen LogP) is -0.389. The Bertz CT molecular complexity index is 232. The molecule has 0 aliphatic carbocycles. The molecule has 0 spiro atoms. The summed E-state index contributed by atoms with van der Waals surface area (Å²) in [5.41, 5.74) is 0. The summed E-state index contributed by atoms with van der Waals surface area (Å²) in [7, 11) is 2.11. The van der Waals surface area contributed by atoms with Crippen LogP contribution in [0.3, 0.4) is 0 Å². The summed E-state index contributed by atoms with van der Waals surface area (Å²) in [5.74, 6) is 0.718. The summed E-state index contributed by atoms with van der Waals surface area (Å²) >= 11 is 0. The molecule has 0 radical (unpaired) electrons. The van der Waals surface area contributed by atoms with Crippen molar-refractivity contribution >= 4 is 0 Å². The van der Waals surface area contributed by atoms with E-state index in [2.05, 4.69) is 22.2 Å². The lowest BCUT2D eigenvalue weighted by Crippen LogP contribution is -2.67. The van der Waals surface area contributed by atoms with Crippen molar-refractivity contribution in [2.75, 3.05) is 53.0 Å². The fraction of sp³-hybridized carbons (Fsp3) is 1.00. The Morgan fingerprint density at radius 1 is 1.25 bits per heavy atom. The molecular formula is C12H23N3O. The lowest BCUT2D eigenvalue weighted by Gasteiger charge is -2.51. The number of piperazine rings is 3. The molecule has 0 aromatic heterocycles. The van der Waals surface area contributed by atoms with Gasteiger partial charge in [0, 0.05) is 57.3 Å². The van der Waals surface area contributed by atoms with Gasteiger partial charge < -0.3 is 10.1 Å². The Hall–Kier alpha value is -0.160. The van der Waals surface area contributed by atoms with Crippen LogP contribution in [0.2, 0.25) is 0 Å². The minimum Gasteiger partial charge on any atom is -0.381 e. The first-order valence-corrected chi connectivity index (χ1v) is 6.60.